The Balaban J connectivity index is 1.96. The van der Waals surface area contributed by atoms with Crippen molar-refractivity contribution in [3.8, 4) is 0 Å². The van der Waals surface area contributed by atoms with Gasteiger partial charge in [0.05, 0.1) is 10.1 Å². The summed E-state index contributed by atoms with van der Waals surface area (Å²) in [7, 11) is 0. The van der Waals surface area contributed by atoms with Crippen molar-refractivity contribution in [3.05, 3.63) is 30.1 Å². The largest absolute Gasteiger partial charge is 0.296 e. The summed E-state index contributed by atoms with van der Waals surface area (Å²) in [5.41, 5.74) is 0.836. The molecule has 0 radical (unpaired) electrons. The number of halogens is 1. The number of amides is 1. The van der Waals surface area contributed by atoms with E-state index < -0.39 is 0 Å². The van der Waals surface area contributed by atoms with Crippen LogP contribution in [0.1, 0.15) is 39.5 Å². The number of nitrogens with zero attached hydrogens (tertiary/aromatic N) is 1. The first-order valence-electron chi connectivity index (χ1n) is 7.29. The Labute approximate surface area is 123 Å². The van der Waals surface area contributed by atoms with Gasteiger partial charge in [-0.1, -0.05) is 6.92 Å². The molecule has 1 spiro atoms. The molecule has 1 atom stereocenters. The van der Waals surface area contributed by atoms with Gasteiger partial charge in [-0.25, -0.2) is 4.39 Å². The third-order valence-corrected chi connectivity index (χ3v) is 6.10. The number of rotatable bonds is 1. The lowest BCUT2D eigenvalue weighted by atomic mass is 9.85. The fraction of sp³-hybridized carbons (Fsp3) is 0.562. The van der Waals surface area contributed by atoms with Crippen LogP contribution in [0.25, 0.3) is 0 Å². The third kappa shape index (κ3) is 2.24. The molecule has 3 rings (SSSR count). The van der Waals surface area contributed by atoms with Crippen LogP contribution in [0.3, 0.4) is 0 Å². The summed E-state index contributed by atoms with van der Waals surface area (Å²) in [6, 6.07) is 6.34. The van der Waals surface area contributed by atoms with Crippen molar-refractivity contribution in [1.82, 2.24) is 0 Å². The van der Waals surface area contributed by atoms with Gasteiger partial charge in [0.1, 0.15) is 5.82 Å². The second-order valence-electron chi connectivity index (χ2n) is 6.04. The van der Waals surface area contributed by atoms with Crippen LogP contribution in [-0.2, 0) is 4.79 Å². The normalized spacial score (nSPS) is 34.0. The van der Waals surface area contributed by atoms with E-state index in [9.17, 15) is 9.18 Å². The lowest BCUT2D eigenvalue weighted by Gasteiger charge is -2.42. The highest BCUT2D eigenvalue weighted by atomic mass is 32.2. The van der Waals surface area contributed by atoms with Gasteiger partial charge in [-0.05, 0) is 62.8 Å². The number of thioether (sulfide) groups is 1. The number of carbonyl (C=O) groups is 1. The van der Waals surface area contributed by atoms with Crippen molar-refractivity contribution in [2.75, 3.05) is 4.90 Å². The van der Waals surface area contributed by atoms with E-state index in [2.05, 4.69) is 6.92 Å². The molecule has 108 valence electrons. The second-order valence-corrected chi connectivity index (χ2v) is 7.74. The zero-order valence-corrected chi connectivity index (χ0v) is 12.8. The fourth-order valence-electron chi connectivity index (χ4n) is 3.32. The van der Waals surface area contributed by atoms with E-state index in [-0.39, 0.29) is 21.8 Å². The minimum Gasteiger partial charge on any atom is -0.296 e. The van der Waals surface area contributed by atoms with Gasteiger partial charge >= 0.3 is 0 Å². The quantitative estimate of drug-likeness (QED) is 0.773. The highest BCUT2D eigenvalue weighted by molar-refractivity contribution is 8.02. The highest BCUT2D eigenvalue weighted by Gasteiger charge is 2.51. The summed E-state index contributed by atoms with van der Waals surface area (Å²) in [4.78, 5) is 14.4. The summed E-state index contributed by atoms with van der Waals surface area (Å²) >= 11 is 1.79. The molecule has 1 amide bonds. The highest BCUT2D eigenvalue weighted by Crippen LogP contribution is 2.52. The maximum absolute atomic E-state index is 13.1. The molecule has 1 saturated heterocycles. The molecule has 20 heavy (non-hydrogen) atoms. The van der Waals surface area contributed by atoms with E-state index in [0.717, 1.165) is 37.3 Å². The van der Waals surface area contributed by atoms with E-state index in [1.54, 1.807) is 23.9 Å². The maximum atomic E-state index is 13.1. The number of hydrogen-bond donors (Lipinski definition) is 0. The van der Waals surface area contributed by atoms with Crippen LogP contribution in [0.15, 0.2) is 24.3 Å². The van der Waals surface area contributed by atoms with Gasteiger partial charge in [-0.15, -0.1) is 11.8 Å². The molecule has 2 aliphatic rings. The standard InChI is InChI=1S/C16H20FNOS/c1-11-7-9-16(10-8-11)18(15(19)12(2)20-16)14-5-3-13(17)4-6-14/h3-6,11-12H,7-10H2,1-2H3. The minimum absolute atomic E-state index is 0.00606. The molecule has 0 N–H and O–H groups in total. The third-order valence-electron chi connectivity index (χ3n) is 4.51. The van der Waals surface area contributed by atoms with Crippen molar-refractivity contribution < 1.29 is 9.18 Å². The van der Waals surface area contributed by atoms with Gasteiger partial charge < -0.3 is 0 Å². The Morgan fingerprint density at radius 1 is 1.20 bits per heavy atom. The summed E-state index contributed by atoms with van der Waals surface area (Å²) < 4.78 is 13.1. The van der Waals surface area contributed by atoms with Crippen LogP contribution in [0.5, 0.6) is 0 Å². The Morgan fingerprint density at radius 3 is 2.40 bits per heavy atom. The van der Waals surface area contributed by atoms with E-state index in [4.69, 9.17) is 0 Å². The molecule has 4 heteroatoms. The van der Waals surface area contributed by atoms with Gasteiger partial charge in [-0.2, -0.15) is 0 Å². The Bertz CT molecular complexity index is 508. The molecule has 0 aromatic heterocycles. The lowest BCUT2D eigenvalue weighted by Crippen LogP contribution is -2.47. The molecule has 1 heterocycles. The van der Waals surface area contributed by atoms with Crippen LogP contribution in [0, 0.1) is 11.7 Å². The average molecular weight is 293 g/mol. The van der Waals surface area contributed by atoms with Crippen molar-refractivity contribution >= 4 is 23.4 Å². The first-order valence-corrected chi connectivity index (χ1v) is 8.17. The van der Waals surface area contributed by atoms with Gasteiger partial charge in [0, 0.05) is 5.69 Å². The number of benzene rings is 1. The molecular formula is C16H20FNOS. The Kier molecular flexibility index (Phi) is 3.53. The molecule has 1 saturated carbocycles. The van der Waals surface area contributed by atoms with E-state index >= 15 is 0 Å². The predicted molar refractivity (Wildman–Crippen MR) is 81.3 cm³/mol. The molecule has 1 aliphatic carbocycles. The molecule has 1 aromatic carbocycles. The van der Waals surface area contributed by atoms with Crippen LogP contribution < -0.4 is 4.90 Å². The van der Waals surface area contributed by atoms with Crippen LogP contribution >= 0.6 is 11.8 Å². The van der Waals surface area contributed by atoms with Crippen molar-refractivity contribution in [3.63, 3.8) is 0 Å². The lowest BCUT2D eigenvalue weighted by molar-refractivity contribution is -0.118. The topological polar surface area (TPSA) is 20.3 Å². The van der Waals surface area contributed by atoms with Crippen LogP contribution in [-0.4, -0.2) is 16.0 Å². The van der Waals surface area contributed by atoms with Gasteiger partial charge in [-0.3, -0.25) is 9.69 Å². The summed E-state index contributed by atoms with van der Waals surface area (Å²) in [6.45, 7) is 4.26. The average Bonchev–Trinajstić information content (AvgIpc) is 2.67. The van der Waals surface area contributed by atoms with Gasteiger partial charge in [0.2, 0.25) is 5.91 Å². The molecule has 2 nitrogen and oxygen atoms in total. The number of carbonyl (C=O) groups excluding carboxylic acids is 1. The van der Waals surface area contributed by atoms with E-state index in [1.165, 1.54) is 12.1 Å². The Hall–Kier alpha value is -1.03. The molecule has 2 fully saturated rings. The smallest absolute Gasteiger partial charge is 0.241 e. The monoisotopic (exact) mass is 293 g/mol. The molecular weight excluding hydrogens is 273 g/mol. The van der Waals surface area contributed by atoms with Crippen LogP contribution in [0.4, 0.5) is 10.1 Å². The molecule has 1 aromatic rings. The van der Waals surface area contributed by atoms with Gasteiger partial charge in [0.15, 0.2) is 0 Å². The molecule has 1 unspecified atom stereocenters. The van der Waals surface area contributed by atoms with E-state index in [0.29, 0.717) is 0 Å². The Morgan fingerprint density at radius 2 is 1.80 bits per heavy atom. The predicted octanol–water partition coefficient (Wildman–Crippen LogP) is 4.20. The summed E-state index contributed by atoms with van der Waals surface area (Å²) in [5.74, 6) is 0.644. The van der Waals surface area contributed by atoms with E-state index in [1.807, 2.05) is 11.8 Å². The summed E-state index contributed by atoms with van der Waals surface area (Å²) in [5, 5.41) is -0.00606. The van der Waals surface area contributed by atoms with Crippen molar-refractivity contribution in [2.24, 2.45) is 5.92 Å². The SMILES string of the molecule is CC1CCC2(CC1)SC(C)C(=O)N2c1ccc(F)cc1. The summed E-state index contributed by atoms with van der Waals surface area (Å²) in [6.07, 6.45) is 4.38. The first-order chi connectivity index (χ1) is 9.52. The maximum Gasteiger partial charge on any atom is 0.241 e. The number of anilines is 1. The minimum atomic E-state index is -0.257. The zero-order chi connectivity index (χ0) is 14.3. The first kappa shape index (κ1) is 13.9. The van der Waals surface area contributed by atoms with Crippen molar-refractivity contribution in [1.29, 1.82) is 0 Å². The number of hydrogen-bond acceptors (Lipinski definition) is 2. The zero-order valence-electron chi connectivity index (χ0n) is 11.9. The van der Waals surface area contributed by atoms with Crippen molar-refractivity contribution in [2.45, 2.75) is 49.7 Å². The molecule has 1 aliphatic heterocycles. The van der Waals surface area contributed by atoms with Crippen LogP contribution in [0.2, 0.25) is 0 Å². The molecule has 0 bridgehead atoms. The fourth-order valence-corrected chi connectivity index (χ4v) is 4.96. The van der Waals surface area contributed by atoms with Gasteiger partial charge in [0.25, 0.3) is 0 Å². The second kappa shape index (κ2) is 5.06.